The summed E-state index contributed by atoms with van der Waals surface area (Å²) in [5.74, 6) is -1.88. The minimum atomic E-state index is -3.42. The molecule has 0 aromatic rings. The summed E-state index contributed by atoms with van der Waals surface area (Å²) in [6, 6.07) is -3.82. The molecule has 5 atom stereocenters. The monoisotopic (exact) mass is 734 g/mol. The van der Waals surface area contributed by atoms with Gasteiger partial charge in [0, 0.05) is 32.2 Å². The van der Waals surface area contributed by atoms with Crippen LogP contribution in [0.4, 0.5) is 4.79 Å². The van der Waals surface area contributed by atoms with E-state index in [1.807, 2.05) is 20.8 Å². The molecule has 2 heterocycles. The summed E-state index contributed by atoms with van der Waals surface area (Å²) >= 11 is 0. The highest BCUT2D eigenvalue weighted by molar-refractivity contribution is 7.89. The Kier molecular flexibility index (Phi) is 14.1. The van der Waals surface area contributed by atoms with E-state index < -0.39 is 63.2 Å². The number of likely N-dealkylation sites (tertiary alicyclic amines) is 1. The Morgan fingerprint density at radius 2 is 1.59 bits per heavy atom. The Morgan fingerprint density at radius 1 is 0.902 bits per heavy atom. The number of urea groups is 1. The van der Waals surface area contributed by atoms with Gasteiger partial charge in [0.2, 0.25) is 27.6 Å². The first-order valence-electron chi connectivity index (χ1n) is 19.1. The van der Waals surface area contributed by atoms with Gasteiger partial charge >= 0.3 is 6.03 Å². The summed E-state index contributed by atoms with van der Waals surface area (Å²) in [5, 5.41) is 11.4. The lowest BCUT2D eigenvalue weighted by atomic mass is 9.83. The van der Waals surface area contributed by atoms with Crippen LogP contribution in [-0.2, 0) is 29.2 Å². The van der Waals surface area contributed by atoms with Crippen LogP contribution in [0.3, 0.4) is 0 Å². The Morgan fingerprint density at radius 3 is 2.18 bits per heavy atom. The second kappa shape index (κ2) is 17.7. The lowest BCUT2D eigenvalue weighted by Gasteiger charge is -2.38. The molecular formula is C37H62N6O7S. The van der Waals surface area contributed by atoms with Crippen molar-refractivity contribution in [3.63, 3.8) is 0 Å². The summed E-state index contributed by atoms with van der Waals surface area (Å²) in [5.41, 5.74) is -0.478. The first-order valence-corrected chi connectivity index (χ1v) is 20.7. The molecule has 51 heavy (non-hydrogen) atoms. The first kappa shape index (κ1) is 40.8. The van der Waals surface area contributed by atoms with E-state index in [-0.39, 0.29) is 48.4 Å². The number of nitrogens with one attached hydrogen (secondary N) is 4. The molecule has 0 radical (unpaired) electrons. The summed E-state index contributed by atoms with van der Waals surface area (Å²) in [6.07, 6.45) is 9.88. The van der Waals surface area contributed by atoms with Crippen LogP contribution in [0.15, 0.2) is 12.7 Å². The van der Waals surface area contributed by atoms with E-state index in [1.165, 1.54) is 10.4 Å². The first-order chi connectivity index (χ1) is 24.0. The number of hydrogen-bond donors (Lipinski definition) is 4. The number of amides is 5. The maximum absolute atomic E-state index is 14.7. The molecule has 4 rings (SSSR count). The fourth-order valence-corrected chi connectivity index (χ4v) is 9.20. The predicted octanol–water partition coefficient (Wildman–Crippen LogP) is 3.10. The van der Waals surface area contributed by atoms with Gasteiger partial charge in [-0.25, -0.2) is 13.2 Å². The average molecular weight is 735 g/mol. The molecule has 4 fully saturated rings. The Balaban J connectivity index is 1.55. The largest absolute Gasteiger partial charge is 0.346 e. The number of hydrogen-bond acceptors (Lipinski definition) is 7. The van der Waals surface area contributed by atoms with Gasteiger partial charge in [0.1, 0.15) is 12.1 Å². The van der Waals surface area contributed by atoms with Crippen LogP contribution < -0.4 is 21.3 Å². The number of nitrogens with zero attached hydrogens (tertiary/aromatic N) is 2. The zero-order chi connectivity index (χ0) is 37.5. The lowest BCUT2D eigenvalue weighted by molar-refractivity contribution is -0.143. The SMILES string of the molecule is C=CCNC(=O)C(=O)C(CC1CC1)NC(=O)[C@@H]1C[C@@H](C(C)C)CN1C(=O)[C@@H](NC(=O)N[C@H](CN1CCCCS1(=O)=O)C(C)(C)C)C1CCCCC1. The van der Waals surface area contributed by atoms with Gasteiger partial charge in [-0.15, -0.1) is 6.58 Å². The van der Waals surface area contributed by atoms with Crippen molar-refractivity contribution in [3.05, 3.63) is 12.7 Å². The van der Waals surface area contributed by atoms with E-state index in [0.29, 0.717) is 32.4 Å². The van der Waals surface area contributed by atoms with Crippen LogP contribution in [0.5, 0.6) is 0 Å². The number of Topliss-reactive ketones (excluding diaryl/α,β-unsaturated/α-hetero) is 1. The highest BCUT2D eigenvalue weighted by Crippen LogP contribution is 2.35. The fourth-order valence-electron chi connectivity index (χ4n) is 7.59. The van der Waals surface area contributed by atoms with Crippen LogP contribution in [0.1, 0.15) is 105 Å². The van der Waals surface area contributed by atoms with Gasteiger partial charge < -0.3 is 26.2 Å². The Bertz CT molecular complexity index is 1390. The standard InChI is InChI=1S/C37H62N6O7S/c1-7-17-38-34(46)32(44)28(20-25-15-16-25)39-33(45)29-21-27(24(2)3)22-43(29)35(47)31(26-13-9-8-10-14-26)41-36(48)40-30(37(4,5)6)23-42-18-11-12-19-51(42,49)50/h7,24-31H,1,8-23H2,2-6H3,(H,38,46)(H,39,45)(H2,40,41,48)/t27-,28?,29+,30-,31+/m1/s1. The highest BCUT2D eigenvalue weighted by atomic mass is 32.2. The molecule has 2 saturated heterocycles. The predicted molar refractivity (Wildman–Crippen MR) is 196 cm³/mol. The number of rotatable bonds is 15. The maximum atomic E-state index is 14.7. The molecule has 4 aliphatic rings. The zero-order valence-corrected chi connectivity index (χ0v) is 32.2. The Hall–Kier alpha value is -3.00. The quantitative estimate of drug-likeness (QED) is 0.148. The summed E-state index contributed by atoms with van der Waals surface area (Å²) < 4.78 is 27.1. The minimum absolute atomic E-state index is 0.0239. The van der Waals surface area contributed by atoms with Crippen LogP contribution in [0, 0.1) is 29.1 Å². The molecular weight excluding hydrogens is 673 g/mol. The third-order valence-electron chi connectivity index (χ3n) is 11.3. The van der Waals surface area contributed by atoms with Crippen molar-refractivity contribution in [2.24, 2.45) is 29.1 Å². The van der Waals surface area contributed by atoms with Gasteiger partial charge in [0.25, 0.3) is 5.91 Å². The van der Waals surface area contributed by atoms with Crippen LogP contribution >= 0.6 is 0 Å². The minimum Gasteiger partial charge on any atom is -0.346 e. The van der Waals surface area contributed by atoms with E-state index >= 15 is 0 Å². The molecule has 0 bridgehead atoms. The smallest absolute Gasteiger partial charge is 0.315 e. The zero-order valence-electron chi connectivity index (χ0n) is 31.4. The van der Waals surface area contributed by atoms with Crippen molar-refractivity contribution in [2.45, 2.75) is 129 Å². The van der Waals surface area contributed by atoms with E-state index in [0.717, 1.165) is 51.4 Å². The molecule has 0 spiro atoms. The van der Waals surface area contributed by atoms with Gasteiger partial charge in [-0.2, -0.15) is 4.31 Å². The van der Waals surface area contributed by atoms with Gasteiger partial charge in [0.15, 0.2) is 0 Å². The number of sulfonamides is 1. The van der Waals surface area contributed by atoms with E-state index in [1.54, 1.807) is 4.90 Å². The van der Waals surface area contributed by atoms with E-state index in [2.05, 4.69) is 41.7 Å². The molecule has 2 aliphatic heterocycles. The number of ketones is 1. The van der Waals surface area contributed by atoms with Gasteiger partial charge in [-0.05, 0) is 67.6 Å². The van der Waals surface area contributed by atoms with Gasteiger partial charge in [-0.1, -0.05) is 72.8 Å². The van der Waals surface area contributed by atoms with Crippen LogP contribution in [0.25, 0.3) is 0 Å². The van der Waals surface area contributed by atoms with Crippen LogP contribution in [-0.4, -0.2) is 103 Å². The normalized spacial score (nSPS) is 24.6. The van der Waals surface area contributed by atoms with E-state index in [9.17, 15) is 32.4 Å². The average Bonchev–Trinajstić information content (AvgIpc) is 3.78. The Labute approximate surface area is 304 Å². The van der Waals surface area contributed by atoms with Crippen molar-refractivity contribution < 1.29 is 32.4 Å². The number of carbonyl (C=O) groups excluding carboxylic acids is 5. The van der Waals surface area contributed by atoms with E-state index in [4.69, 9.17) is 0 Å². The molecule has 2 aliphatic carbocycles. The van der Waals surface area contributed by atoms with Crippen molar-refractivity contribution in [2.75, 3.05) is 31.9 Å². The molecule has 5 amide bonds. The summed E-state index contributed by atoms with van der Waals surface area (Å²) in [6.45, 7) is 14.5. The second-order valence-corrected chi connectivity index (χ2v) is 18.7. The molecule has 288 valence electrons. The van der Waals surface area contributed by atoms with Crippen molar-refractivity contribution in [1.29, 1.82) is 0 Å². The molecule has 13 nitrogen and oxygen atoms in total. The lowest BCUT2D eigenvalue weighted by Crippen LogP contribution is -2.61. The third kappa shape index (κ3) is 11.2. The highest BCUT2D eigenvalue weighted by Gasteiger charge is 2.46. The van der Waals surface area contributed by atoms with Crippen LogP contribution in [0.2, 0.25) is 0 Å². The molecule has 1 unspecified atom stereocenters. The van der Waals surface area contributed by atoms with Gasteiger partial charge in [0.05, 0.1) is 11.8 Å². The summed E-state index contributed by atoms with van der Waals surface area (Å²) in [7, 11) is -3.42. The second-order valence-electron chi connectivity index (χ2n) is 16.6. The number of carbonyl (C=O) groups is 5. The molecule has 0 aromatic carbocycles. The molecule has 0 aromatic heterocycles. The topological polar surface area (TPSA) is 174 Å². The molecule has 14 heteroatoms. The summed E-state index contributed by atoms with van der Waals surface area (Å²) in [4.78, 5) is 69.9. The molecule has 2 saturated carbocycles. The van der Waals surface area contributed by atoms with Crippen molar-refractivity contribution in [1.82, 2.24) is 30.5 Å². The third-order valence-corrected chi connectivity index (χ3v) is 13.2. The fraction of sp³-hybridized carbons (Fsp3) is 0.811. The maximum Gasteiger partial charge on any atom is 0.315 e. The molecule has 4 N–H and O–H groups in total. The van der Waals surface area contributed by atoms with Crippen molar-refractivity contribution in [3.8, 4) is 0 Å². The van der Waals surface area contributed by atoms with Gasteiger partial charge in [-0.3, -0.25) is 19.2 Å². The van der Waals surface area contributed by atoms with Crippen molar-refractivity contribution >= 4 is 39.6 Å².